The number of rotatable bonds is 7. The lowest BCUT2D eigenvalue weighted by Gasteiger charge is -2.51. The molecule has 5 heterocycles. The number of halogens is 3. The zero-order valence-corrected chi connectivity index (χ0v) is 31.2. The van der Waals surface area contributed by atoms with E-state index in [1.54, 1.807) is 17.9 Å². The molecule has 3 unspecified atom stereocenters. The van der Waals surface area contributed by atoms with Gasteiger partial charge in [0.1, 0.15) is 45.8 Å². The predicted octanol–water partition coefficient (Wildman–Crippen LogP) is 6.34. The fraction of sp³-hybridized carbons (Fsp3) is 0.575. The van der Waals surface area contributed by atoms with E-state index in [-0.39, 0.29) is 102 Å². The van der Waals surface area contributed by atoms with Crippen LogP contribution in [-0.4, -0.2) is 113 Å². The van der Waals surface area contributed by atoms with Crippen LogP contribution < -0.4 is 14.4 Å². The molecule has 54 heavy (non-hydrogen) atoms. The van der Waals surface area contributed by atoms with Gasteiger partial charge in [-0.05, 0) is 89.4 Å². The van der Waals surface area contributed by atoms with Crippen LogP contribution in [0.3, 0.4) is 0 Å². The van der Waals surface area contributed by atoms with E-state index in [1.807, 2.05) is 0 Å². The van der Waals surface area contributed by atoms with Crippen molar-refractivity contribution < 1.29 is 42.3 Å². The minimum absolute atomic E-state index is 0.00950. The van der Waals surface area contributed by atoms with Crippen molar-refractivity contribution in [1.82, 2.24) is 19.9 Å². The normalized spacial score (nSPS) is 30.7. The van der Waals surface area contributed by atoms with Crippen molar-refractivity contribution in [1.29, 1.82) is 0 Å². The molecule has 4 fully saturated rings. The van der Waals surface area contributed by atoms with Crippen LogP contribution >= 0.6 is 0 Å². The Bertz CT molecular complexity index is 2040. The van der Waals surface area contributed by atoms with E-state index in [2.05, 4.69) is 28.7 Å². The van der Waals surface area contributed by atoms with Gasteiger partial charge in [0, 0.05) is 29.0 Å². The predicted molar refractivity (Wildman–Crippen MR) is 197 cm³/mol. The Morgan fingerprint density at radius 2 is 1.83 bits per heavy atom. The Morgan fingerprint density at radius 3 is 2.61 bits per heavy atom. The van der Waals surface area contributed by atoms with Gasteiger partial charge in [0.05, 0.1) is 51.7 Å². The molecule has 1 aliphatic carbocycles. The highest BCUT2D eigenvalue weighted by molar-refractivity contribution is 6.02. The second kappa shape index (κ2) is 14.3. The number of pyridine rings is 1. The summed E-state index contributed by atoms with van der Waals surface area (Å²) in [7, 11) is 1.38. The van der Waals surface area contributed by atoms with Crippen molar-refractivity contribution in [3.63, 3.8) is 0 Å². The Hall–Kier alpha value is -3.98. The third kappa shape index (κ3) is 6.69. The minimum atomic E-state index is -1.27. The summed E-state index contributed by atoms with van der Waals surface area (Å²) in [5.41, 5.74) is -2.27. The molecule has 2 N–H and O–H groups in total. The summed E-state index contributed by atoms with van der Waals surface area (Å²) in [4.78, 5) is 18.1. The lowest BCUT2D eigenvalue weighted by atomic mass is 9.74. The number of β-amino-alcohol motifs (C(OH)–C–C–N with tert-alkyl or cyclic N) is 1. The van der Waals surface area contributed by atoms with Gasteiger partial charge in [-0.25, -0.2) is 18.2 Å². The molecule has 0 bridgehead atoms. The first-order valence-electron chi connectivity index (χ1n) is 19.0. The number of anilines is 1. The summed E-state index contributed by atoms with van der Waals surface area (Å²) in [5.74, 6) is -1.56. The summed E-state index contributed by atoms with van der Waals surface area (Å²) in [6.07, 6.45) is 3.51. The van der Waals surface area contributed by atoms with Crippen LogP contribution in [0.1, 0.15) is 59.3 Å². The van der Waals surface area contributed by atoms with Gasteiger partial charge >= 0.3 is 6.01 Å². The molecular weight excluding hydrogens is 703 g/mol. The fourth-order valence-corrected chi connectivity index (χ4v) is 9.65. The molecule has 2 aromatic heterocycles. The number of alkyl halides is 1. The van der Waals surface area contributed by atoms with E-state index >= 15 is 13.2 Å². The van der Waals surface area contributed by atoms with Gasteiger partial charge in [-0.1, -0.05) is 12.1 Å². The van der Waals surface area contributed by atoms with Crippen molar-refractivity contribution in [3.8, 4) is 28.9 Å². The smallest absolute Gasteiger partial charge is 0.319 e. The summed E-state index contributed by atoms with van der Waals surface area (Å²) < 4.78 is 72.6. The van der Waals surface area contributed by atoms with Crippen molar-refractivity contribution >= 4 is 27.5 Å². The summed E-state index contributed by atoms with van der Waals surface area (Å²) >= 11 is 0. The first-order chi connectivity index (χ1) is 25.9. The first kappa shape index (κ1) is 37.0. The quantitative estimate of drug-likeness (QED) is 0.220. The Labute approximate surface area is 312 Å². The van der Waals surface area contributed by atoms with Gasteiger partial charge in [0.25, 0.3) is 0 Å². The van der Waals surface area contributed by atoms with Crippen molar-refractivity contribution in [2.45, 2.75) is 95.4 Å². The number of aromatic nitrogens is 3. The second-order valence-electron chi connectivity index (χ2n) is 16.0. The lowest BCUT2D eigenvalue weighted by Crippen LogP contribution is -2.60. The van der Waals surface area contributed by atoms with Gasteiger partial charge in [0.2, 0.25) is 5.88 Å². The largest absolute Gasteiger partial charge is 0.508 e. The van der Waals surface area contributed by atoms with Gasteiger partial charge in [0.15, 0.2) is 5.82 Å². The number of piperidine rings is 1. The maximum Gasteiger partial charge on any atom is 0.319 e. The second-order valence-corrected chi connectivity index (χ2v) is 16.0. The number of nitrogens with zero attached hydrogens (tertiary/aromatic N) is 5. The number of likely N-dealkylation sites (tertiary alicyclic amines) is 1. The topological polar surface area (TPSA) is 123 Å². The van der Waals surface area contributed by atoms with E-state index in [4.69, 9.17) is 23.9 Å². The average molecular weight is 752 g/mol. The molecule has 0 spiro atoms. The van der Waals surface area contributed by atoms with Gasteiger partial charge in [-0.3, -0.25) is 4.90 Å². The molecule has 3 aliphatic heterocycles. The molecular formula is C40H48F3N5O6. The van der Waals surface area contributed by atoms with Crippen LogP contribution in [-0.2, 0) is 9.47 Å². The minimum Gasteiger partial charge on any atom is -0.508 e. The number of methoxy groups -OCH3 is 1. The van der Waals surface area contributed by atoms with Gasteiger partial charge in [-0.2, -0.15) is 9.97 Å². The molecule has 8 rings (SSSR count). The third-order valence-electron chi connectivity index (χ3n) is 11.8. The van der Waals surface area contributed by atoms with Crippen LogP contribution in [0.25, 0.3) is 32.9 Å². The Kier molecular flexibility index (Phi) is 9.77. The van der Waals surface area contributed by atoms with Crippen LogP contribution in [0.2, 0.25) is 0 Å². The van der Waals surface area contributed by atoms with E-state index in [0.29, 0.717) is 24.8 Å². The standard InChI is InChI=1S/C40H48F3N5O6/c1-22-15-25(16-23(2)54-22)48-12-6-10-40(11-9-29(42)35(40)48)21-53-38-45-34-31(36(46-38)47-13-14-52-20-39(3,50)19-47)37(51-4)44-33(32(34)43)27-18-26(49)17-24-7-5-8-28(41)30(24)27/h5,7-8,17-18,22-23,25,29,35,49-50H,6,9-16,19-21H2,1-4H3/t22-,23+,25?,29?,35?,39-,40-/m0/s1. The number of fused-ring (bicyclic) bond motifs is 3. The molecule has 14 heteroatoms. The Morgan fingerprint density at radius 1 is 1.04 bits per heavy atom. The average Bonchev–Trinajstić information content (AvgIpc) is 3.36. The van der Waals surface area contributed by atoms with Crippen molar-refractivity contribution in [2.75, 3.05) is 51.5 Å². The molecule has 1 saturated carbocycles. The number of benzene rings is 2. The molecule has 3 saturated heterocycles. The van der Waals surface area contributed by atoms with E-state index in [9.17, 15) is 10.2 Å². The first-order valence-corrected chi connectivity index (χ1v) is 19.0. The number of phenolic OH excluding ortho intramolecular Hbond substituents is 1. The number of hydrogen-bond donors (Lipinski definition) is 2. The number of aromatic hydroxyl groups is 1. The van der Waals surface area contributed by atoms with E-state index in [1.165, 1.54) is 31.4 Å². The number of hydrogen-bond acceptors (Lipinski definition) is 11. The number of aliphatic hydroxyl groups is 1. The maximum absolute atomic E-state index is 17.2. The zero-order valence-electron chi connectivity index (χ0n) is 31.2. The molecule has 11 nitrogen and oxygen atoms in total. The number of phenols is 1. The van der Waals surface area contributed by atoms with Gasteiger partial charge < -0.3 is 34.1 Å². The zero-order chi connectivity index (χ0) is 37.9. The highest BCUT2D eigenvalue weighted by Crippen LogP contribution is 2.51. The lowest BCUT2D eigenvalue weighted by molar-refractivity contribution is -0.105. The van der Waals surface area contributed by atoms with Crippen molar-refractivity contribution in [2.24, 2.45) is 5.41 Å². The molecule has 7 atom stereocenters. The monoisotopic (exact) mass is 751 g/mol. The summed E-state index contributed by atoms with van der Waals surface area (Å²) in [6, 6.07) is 6.73. The summed E-state index contributed by atoms with van der Waals surface area (Å²) in [5, 5.41) is 22.3. The highest BCUT2D eigenvalue weighted by atomic mass is 19.1. The van der Waals surface area contributed by atoms with Crippen molar-refractivity contribution in [3.05, 3.63) is 42.0 Å². The third-order valence-corrected chi connectivity index (χ3v) is 11.8. The van der Waals surface area contributed by atoms with Crippen LogP contribution in [0.5, 0.6) is 17.6 Å². The maximum atomic E-state index is 17.2. The molecule has 4 aliphatic rings. The molecule has 0 amide bonds. The van der Waals surface area contributed by atoms with E-state index in [0.717, 1.165) is 32.2 Å². The fourth-order valence-electron chi connectivity index (χ4n) is 9.65. The van der Waals surface area contributed by atoms with E-state index < -0.39 is 28.8 Å². The summed E-state index contributed by atoms with van der Waals surface area (Å²) in [6.45, 7) is 7.42. The van der Waals surface area contributed by atoms with Crippen LogP contribution in [0, 0.1) is 17.0 Å². The molecule has 4 aromatic rings. The van der Waals surface area contributed by atoms with Crippen LogP contribution in [0.4, 0.5) is 19.0 Å². The highest BCUT2D eigenvalue weighted by Gasteiger charge is 2.55. The van der Waals surface area contributed by atoms with Crippen LogP contribution in [0.15, 0.2) is 30.3 Å². The van der Waals surface area contributed by atoms with Gasteiger partial charge in [-0.15, -0.1) is 0 Å². The number of ether oxygens (including phenoxy) is 4. The molecule has 290 valence electrons. The molecule has 0 radical (unpaired) electrons. The molecule has 2 aromatic carbocycles. The Balaban J connectivity index is 1.24. The SMILES string of the molecule is COc1nc(-c2cc(O)cc3cccc(F)c23)c(F)c2nc(OC[C@@]34CCCN(C5C[C@@H](C)O[C@@H](C)C5)C3C(F)CC4)nc(N3CCOC[C@@](C)(O)C3)c12.